The minimum absolute atomic E-state index is 0.0544. The molecule has 34 heavy (non-hydrogen) atoms. The Bertz CT molecular complexity index is 1240. The monoisotopic (exact) mass is 519 g/mol. The minimum Gasteiger partial charge on any atom is -0.468 e. The van der Waals surface area contributed by atoms with Crippen molar-refractivity contribution < 1.29 is 45.1 Å². The second kappa shape index (κ2) is 10.6. The summed E-state index contributed by atoms with van der Waals surface area (Å²) in [5.41, 5.74) is 3.71. The third-order valence-corrected chi connectivity index (χ3v) is 6.37. The number of ether oxygens (including phenoxy) is 2. The summed E-state index contributed by atoms with van der Waals surface area (Å²) >= 11 is 0.934. The first-order valence-electron chi connectivity index (χ1n) is 9.25. The molecule has 0 atom stereocenters. The number of rotatable bonds is 8. The Kier molecular flexibility index (Phi) is 7.78. The van der Waals surface area contributed by atoms with Gasteiger partial charge >= 0.3 is 12.5 Å². The van der Waals surface area contributed by atoms with Gasteiger partial charge in [0.05, 0.1) is 6.26 Å². The van der Waals surface area contributed by atoms with Gasteiger partial charge in [-0.2, -0.15) is 0 Å². The van der Waals surface area contributed by atoms with Crippen LogP contribution >= 0.6 is 11.3 Å². The van der Waals surface area contributed by atoms with Gasteiger partial charge in [0.15, 0.2) is 9.84 Å². The lowest BCUT2D eigenvalue weighted by atomic mass is 10.2. The van der Waals surface area contributed by atoms with E-state index in [1.807, 2.05) is 10.9 Å². The lowest BCUT2D eigenvalue weighted by molar-refractivity contribution is -0.275. The van der Waals surface area contributed by atoms with Crippen molar-refractivity contribution in [2.24, 2.45) is 0 Å². The maximum atomic E-state index is 12.4. The number of hydrogen-bond acceptors (Lipinski definition) is 9. The minimum atomic E-state index is -4.92. The average Bonchev–Trinajstić information content (AvgIpc) is 3.41. The van der Waals surface area contributed by atoms with E-state index in [1.165, 1.54) is 35.9 Å². The Morgan fingerprint density at radius 2 is 1.85 bits per heavy atom. The van der Waals surface area contributed by atoms with Crippen molar-refractivity contribution in [1.29, 1.82) is 0 Å². The van der Waals surface area contributed by atoms with Gasteiger partial charge in [-0.3, -0.25) is 10.2 Å². The maximum Gasteiger partial charge on any atom is 0.573 e. The molecule has 0 spiro atoms. The van der Waals surface area contributed by atoms with Crippen molar-refractivity contribution in [3.8, 4) is 5.75 Å². The van der Waals surface area contributed by atoms with Gasteiger partial charge in [-0.25, -0.2) is 23.6 Å². The molecule has 2 N–H and O–H groups in total. The molecule has 2 aromatic heterocycles. The zero-order chi connectivity index (χ0) is 24.8. The lowest BCUT2D eigenvalue weighted by Gasteiger charge is -2.13. The molecule has 0 aliphatic rings. The largest absolute Gasteiger partial charge is 0.573 e. The number of carbonyl (C=O) groups is 2. The second-order valence-electron chi connectivity index (χ2n) is 6.55. The van der Waals surface area contributed by atoms with E-state index in [-0.39, 0.29) is 27.8 Å². The van der Waals surface area contributed by atoms with Gasteiger partial charge in [0.1, 0.15) is 40.3 Å². The average molecular weight is 519 g/mol. The smallest absolute Gasteiger partial charge is 0.468 e. The number of alkyl halides is 3. The zero-order valence-corrected chi connectivity index (χ0v) is 18.6. The lowest BCUT2D eigenvalue weighted by Crippen LogP contribution is -2.42. The molecule has 0 aliphatic heterocycles. The highest BCUT2D eigenvalue weighted by atomic mass is 32.2. The van der Waals surface area contributed by atoms with Crippen LogP contribution in [0.15, 0.2) is 52.5 Å². The van der Waals surface area contributed by atoms with Gasteiger partial charge < -0.3 is 13.9 Å². The Labute approximate surface area is 194 Å². The van der Waals surface area contributed by atoms with Crippen molar-refractivity contribution in [3.63, 3.8) is 0 Å². The van der Waals surface area contributed by atoms with Crippen LogP contribution in [0.4, 0.5) is 18.0 Å². The van der Waals surface area contributed by atoms with Crippen LogP contribution < -0.4 is 15.6 Å². The summed E-state index contributed by atoms with van der Waals surface area (Å²) in [6.07, 6.45) is -4.73. The van der Waals surface area contributed by atoms with Crippen molar-refractivity contribution in [3.05, 3.63) is 70.1 Å². The van der Waals surface area contributed by atoms with Crippen LogP contribution in [-0.4, -0.2) is 31.8 Å². The Hall–Kier alpha value is -3.59. The number of para-hydroxylation sites is 1. The third kappa shape index (κ3) is 7.77. The van der Waals surface area contributed by atoms with Crippen LogP contribution in [0.1, 0.15) is 26.8 Å². The molecule has 3 rings (SSSR count). The number of aromatic nitrogens is 1. The molecule has 1 aromatic carbocycles. The van der Waals surface area contributed by atoms with Gasteiger partial charge in [0.25, 0.3) is 5.91 Å². The maximum absolute atomic E-state index is 12.4. The van der Waals surface area contributed by atoms with Crippen LogP contribution in [0.25, 0.3) is 0 Å². The predicted octanol–water partition coefficient (Wildman–Crippen LogP) is 3.32. The molecule has 0 bridgehead atoms. The second-order valence-corrected chi connectivity index (χ2v) is 9.56. The topological polar surface area (TPSA) is 137 Å². The van der Waals surface area contributed by atoms with Crippen LogP contribution in [0, 0.1) is 0 Å². The Balaban J connectivity index is 1.48. The number of carbonyl (C=O) groups excluding carboxylic acids is 2. The van der Waals surface area contributed by atoms with Crippen molar-refractivity contribution in [2.75, 3.05) is 0 Å². The van der Waals surface area contributed by atoms with Crippen LogP contribution in [0.3, 0.4) is 0 Å². The van der Waals surface area contributed by atoms with Crippen LogP contribution in [0.2, 0.25) is 0 Å². The normalized spacial score (nSPS) is 11.6. The molecule has 0 fully saturated rings. The highest BCUT2D eigenvalue weighted by molar-refractivity contribution is 7.89. The van der Waals surface area contributed by atoms with E-state index in [0.717, 1.165) is 17.4 Å². The molecule has 0 unspecified atom stereocenters. The summed E-state index contributed by atoms with van der Waals surface area (Å²) in [5.74, 6) is -1.87. The van der Waals surface area contributed by atoms with E-state index in [1.54, 1.807) is 6.07 Å². The molecule has 10 nitrogen and oxygen atoms in total. The standard InChI is InChI=1S/C19H16F3N3O7S2/c20-19(21,22)32-15-6-2-1-4-12(15)8-31-18(27)25-24-17(26)14-9-33-16(23-14)11-34(28,29)10-13-5-3-7-30-13/h1-7,9H,8,10-11H2,(H,24,26)(H,25,27). The van der Waals surface area contributed by atoms with Gasteiger partial charge in [-0.15, -0.1) is 24.5 Å². The van der Waals surface area contributed by atoms with E-state index in [9.17, 15) is 31.2 Å². The number of sulfone groups is 1. The Morgan fingerprint density at radius 1 is 1.09 bits per heavy atom. The number of thiazole rings is 1. The van der Waals surface area contributed by atoms with E-state index in [2.05, 4.69) is 9.72 Å². The molecule has 0 aliphatic carbocycles. The molecule has 0 saturated heterocycles. The number of benzene rings is 1. The number of hydrazine groups is 1. The summed E-state index contributed by atoms with van der Waals surface area (Å²) in [5, 5.41) is 1.45. The van der Waals surface area contributed by atoms with Gasteiger partial charge in [-0.05, 0) is 18.2 Å². The molecule has 182 valence electrons. The van der Waals surface area contributed by atoms with E-state index in [0.29, 0.717) is 0 Å². The fourth-order valence-corrected chi connectivity index (χ4v) is 5.04. The fourth-order valence-electron chi connectivity index (χ4n) is 2.53. The number of nitrogens with zero attached hydrogens (tertiary/aromatic N) is 1. The van der Waals surface area contributed by atoms with Crippen LogP contribution in [0.5, 0.6) is 5.75 Å². The van der Waals surface area contributed by atoms with Gasteiger partial charge in [0.2, 0.25) is 0 Å². The van der Waals surface area contributed by atoms with Crippen molar-refractivity contribution >= 4 is 33.2 Å². The van der Waals surface area contributed by atoms with E-state index >= 15 is 0 Å². The summed E-state index contributed by atoms with van der Waals surface area (Å²) in [4.78, 5) is 27.8. The predicted molar refractivity (Wildman–Crippen MR) is 111 cm³/mol. The van der Waals surface area contributed by atoms with Crippen molar-refractivity contribution in [2.45, 2.75) is 24.5 Å². The SMILES string of the molecule is O=C(NNC(=O)c1csc(CS(=O)(=O)Cc2ccco2)n1)OCc1ccccc1OC(F)(F)F. The number of amides is 2. The summed E-state index contributed by atoms with van der Waals surface area (Å²) in [6, 6.07) is 8.14. The fraction of sp³-hybridized carbons (Fsp3) is 0.211. The summed E-state index contributed by atoms with van der Waals surface area (Å²) in [6.45, 7) is -0.567. The first kappa shape index (κ1) is 25.0. The molecule has 15 heteroatoms. The molecule has 2 amide bonds. The summed E-state index contributed by atoms with van der Waals surface area (Å²) in [7, 11) is -3.59. The van der Waals surface area contributed by atoms with E-state index < -0.39 is 46.3 Å². The Morgan fingerprint density at radius 3 is 2.56 bits per heavy atom. The zero-order valence-electron chi connectivity index (χ0n) is 17.0. The number of halogens is 3. The summed E-state index contributed by atoms with van der Waals surface area (Å²) < 4.78 is 75.4. The van der Waals surface area contributed by atoms with Gasteiger partial charge in [0, 0.05) is 10.9 Å². The molecule has 3 aromatic rings. The van der Waals surface area contributed by atoms with Crippen LogP contribution in [-0.2, 0) is 32.7 Å². The quantitative estimate of drug-likeness (QED) is 0.433. The number of nitrogens with one attached hydrogen (secondary N) is 2. The number of hydrogen-bond donors (Lipinski definition) is 2. The molecule has 0 radical (unpaired) electrons. The number of furan rings is 1. The third-order valence-electron chi connectivity index (χ3n) is 3.91. The highest BCUT2D eigenvalue weighted by Crippen LogP contribution is 2.26. The highest BCUT2D eigenvalue weighted by Gasteiger charge is 2.32. The van der Waals surface area contributed by atoms with Gasteiger partial charge in [-0.1, -0.05) is 18.2 Å². The van der Waals surface area contributed by atoms with Crippen molar-refractivity contribution in [1.82, 2.24) is 15.8 Å². The van der Waals surface area contributed by atoms with E-state index in [4.69, 9.17) is 9.15 Å². The molecule has 0 saturated carbocycles. The first-order chi connectivity index (χ1) is 16.0. The molecule has 2 heterocycles. The first-order valence-corrected chi connectivity index (χ1v) is 11.9. The molecular formula is C19H16F3N3O7S2. The molecular weight excluding hydrogens is 503 g/mol.